The molecular formula is C15H14N2O2. The first-order chi connectivity index (χ1) is 9.25. The molecule has 19 heavy (non-hydrogen) atoms. The molecule has 0 spiro atoms. The van der Waals surface area contributed by atoms with Gasteiger partial charge in [-0.25, -0.2) is 4.79 Å². The van der Waals surface area contributed by atoms with Gasteiger partial charge in [-0.15, -0.1) is 0 Å². The van der Waals surface area contributed by atoms with Crippen molar-refractivity contribution >= 4 is 5.97 Å². The smallest absolute Gasteiger partial charge is 0.356 e. The van der Waals surface area contributed by atoms with E-state index in [1.165, 1.54) is 5.56 Å². The molecule has 2 aliphatic rings. The summed E-state index contributed by atoms with van der Waals surface area (Å²) in [7, 11) is 0. The molecule has 2 aromatic rings. The number of hydrogen-bond acceptors (Lipinski definition) is 2. The molecule has 0 bridgehead atoms. The van der Waals surface area contributed by atoms with E-state index in [0.29, 0.717) is 17.8 Å². The molecule has 1 heterocycles. The Balaban J connectivity index is 1.56. The highest BCUT2D eigenvalue weighted by Gasteiger charge is 2.57. The number of hydrogen-bond donors (Lipinski definition) is 2. The molecule has 96 valence electrons. The monoisotopic (exact) mass is 254 g/mol. The maximum atomic E-state index is 11.0. The fraction of sp³-hybridized carbons (Fsp3) is 0.333. The fourth-order valence-electron chi connectivity index (χ4n) is 3.59. The summed E-state index contributed by atoms with van der Waals surface area (Å²) in [5.74, 6) is 0.841. The second-order valence-corrected chi connectivity index (χ2v) is 5.52. The standard InChI is InChI=1S/C15H14N2O2/c18-15(19)14-11-7-10-9(12(10)13(11)16-17-14)6-8-4-2-1-3-5-8/h1-5,9-10,12H,6-7H2,(H,16,17)(H,18,19)/t9-,10?,12?/m0/s1. The third-order valence-electron chi connectivity index (χ3n) is 4.52. The Kier molecular flexibility index (Phi) is 2.10. The Bertz CT molecular complexity index is 647. The molecule has 0 aliphatic heterocycles. The first-order valence-electron chi connectivity index (χ1n) is 6.60. The number of rotatable bonds is 3. The van der Waals surface area contributed by atoms with Gasteiger partial charge >= 0.3 is 5.97 Å². The summed E-state index contributed by atoms with van der Waals surface area (Å²) in [4.78, 5) is 11.0. The van der Waals surface area contributed by atoms with E-state index in [9.17, 15) is 4.79 Å². The van der Waals surface area contributed by atoms with Gasteiger partial charge in [-0.2, -0.15) is 5.10 Å². The van der Waals surface area contributed by atoms with Crippen LogP contribution in [-0.2, 0) is 12.8 Å². The summed E-state index contributed by atoms with van der Waals surface area (Å²) < 4.78 is 0. The van der Waals surface area contributed by atoms with Crippen LogP contribution in [0.25, 0.3) is 0 Å². The number of aromatic amines is 1. The van der Waals surface area contributed by atoms with E-state index in [2.05, 4.69) is 34.5 Å². The lowest BCUT2D eigenvalue weighted by molar-refractivity contribution is 0.0689. The van der Waals surface area contributed by atoms with Crippen molar-refractivity contribution in [2.45, 2.75) is 18.8 Å². The van der Waals surface area contributed by atoms with Gasteiger partial charge in [-0.1, -0.05) is 30.3 Å². The fourth-order valence-corrected chi connectivity index (χ4v) is 3.59. The molecule has 0 saturated heterocycles. The summed E-state index contributed by atoms with van der Waals surface area (Å²) in [5.41, 5.74) is 3.59. The number of aromatic nitrogens is 2. The third-order valence-corrected chi connectivity index (χ3v) is 4.52. The number of fused-ring (bicyclic) bond motifs is 3. The van der Waals surface area contributed by atoms with Gasteiger partial charge < -0.3 is 5.11 Å². The third kappa shape index (κ3) is 1.52. The normalized spacial score (nSPS) is 26.8. The molecule has 3 atom stereocenters. The van der Waals surface area contributed by atoms with E-state index in [4.69, 9.17) is 5.11 Å². The highest BCUT2D eigenvalue weighted by molar-refractivity contribution is 5.87. The molecule has 2 unspecified atom stereocenters. The minimum absolute atomic E-state index is 0.223. The van der Waals surface area contributed by atoms with Crippen molar-refractivity contribution < 1.29 is 9.90 Å². The second kappa shape index (κ2) is 3.70. The van der Waals surface area contributed by atoms with Gasteiger partial charge in [0.05, 0.1) is 0 Å². The number of nitrogens with zero attached hydrogens (tertiary/aromatic N) is 1. The van der Waals surface area contributed by atoms with Gasteiger partial charge in [0.2, 0.25) is 0 Å². The number of carboxylic acid groups (broad SMARTS) is 1. The summed E-state index contributed by atoms with van der Waals surface area (Å²) in [6, 6.07) is 10.5. The van der Waals surface area contributed by atoms with E-state index < -0.39 is 5.97 Å². The topological polar surface area (TPSA) is 66.0 Å². The zero-order chi connectivity index (χ0) is 13.0. The maximum absolute atomic E-state index is 11.0. The van der Waals surface area contributed by atoms with Gasteiger partial charge in [0.25, 0.3) is 0 Å². The van der Waals surface area contributed by atoms with Gasteiger partial charge in [0.15, 0.2) is 5.69 Å². The van der Waals surface area contributed by atoms with Gasteiger partial charge in [-0.05, 0) is 30.2 Å². The van der Waals surface area contributed by atoms with Crippen LogP contribution in [-0.4, -0.2) is 21.3 Å². The van der Waals surface area contributed by atoms with Crippen LogP contribution in [0, 0.1) is 11.8 Å². The van der Waals surface area contributed by atoms with Crippen LogP contribution in [0.15, 0.2) is 30.3 Å². The Labute approximate surface area is 110 Å². The van der Waals surface area contributed by atoms with Crippen molar-refractivity contribution in [1.29, 1.82) is 0 Å². The Morgan fingerprint density at radius 1 is 1.37 bits per heavy atom. The van der Waals surface area contributed by atoms with E-state index in [1.807, 2.05) is 6.07 Å². The summed E-state index contributed by atoms with van der Waals surface area (Å²) in [5, 5.41) is 15.9. The van der Waals surface area contributed by atoms with Gasteiger partial charge in [0.1, 0.15) is 0 Å². The summed E-state index contributed by atoms with van der Waals surface area (Å²) >= 11 is 0. The first kappa shape index (κ1) is 10.8. The van der Waals surface area contributed by atoms with Crippen LogP contribution in [0.3, 0.4) is 0 Å². The molecule has 0 radical (unpaired) electrons. The average Bonchev–Trinajstić information content (AvgIpc) is 2.75. The molecule has 0 amide bonds. The summed E-state index contributed by atoms with van der Waals surface area (Å²) in [6.45, 7) is 0. The number of carboxylic acids is 1. The molecule has 2 aliphatic carbocycles. The lowest BCUT2D eigenvalue weighted by Gasteiger charge is -2.04. The number of nitrogens with one attached hydrogen (secondary N) is 1. The largest absolute Gasteiger partial charge is 0.476 e. The van der Waals surface area contributed by atoms with Crippen molar-refractivity contribution in [3.8, 4) is 0 Å². The van der Waals surface area contributed by atoms with Crippen LogP contribution >= 0.6 is 0 Å². The van der Waals surface area contributed by atoms with E-state index in [1.54, 1.807) is 0 Å². The lowest BCUT2D eigenvalue weighted by atomic mass is 10.0. The minimum atomic E-state index is -0.918. The highest BCUT2D eigenvalue weighted by atomic mass is 16.4. The molecule has 1 fully saturated rings. The summed E-state index contributed by atoms with van der Waals surface area (Å²) in [6.07, 6.45) is 1.95. The molecule has 1 aromatic heterocycles. The minimum Gasteiger partial charge on any atom is -0.476 e. The SMILES string of the molecule is O=C(O)c1n[nH]c2c1CC1C2[C@H]1Cc1ccccc1. The number of aromatic carboxylic acids is 1. The van der Waals surface area contributed by atoms with Crippen molar-refractivity contribution in [2.75, 3.05) is 0 Å². The van der Waals surface area contributed by atoms with Crippen molar-refractivity contribution in [3.05, 3.63) is 52.8 Å². The molecule has 4 rings (SSSR count). The zero-order valence-electron chi connectivity index (χ0n) is 10.3. The number of carbonyl (C=O) groups is 1. The molecule has 4 nitrogen and oxygen atoms in total. The predicted molar refractivity (Wildman–Crippen MR) is 69.1 cm³/mol. The average molecular weight is 254 g/mol. The van der Waals surface area contributed by atoms with Gasteiger partial charge in [-0.3, -0.25) is 5.10 Å². The zero-order valence-corrected chi connectivity index (χ0v) is 10.3. The van der Waals surface area contributed by atoms with Crippen LogP contribution < -0.4 is 0 Å². The molecule has 1 aromatic carbocycles. The maximum Gasteiger partial charge on any atom is 0.356 e. The quantitative estimate of drug-likeness (QED) is 0.882. The van der Waals surface area contributed by atoms with E-state index >= 15 is 0 Å². The van der Waals surface area contributed by atoms with E-state index in [0.717, 1.165) is 24.1 Å². The van der Waals surface area contributed by atoms with Crippen LogP contribution in [0.1, 0.15) is 33.2 Å². The predicted octanol–water partition coefficient (Wildman–Crippen LogP) is 2.24. The van der Waals surface area contributed by atoms with Gasteiger partial charge in [0, 0.05) is 17.2 Å². The van der Waals surface area contributed by atoms with Crippen molar-refractivity contribution in [3.63, 3.8) is 0 Å². The lowest BCUT2D eigenvalue weighted by Crippen LogP contribution is -2.03. The van der Waals surface area contributed by atoms with Crippen LogP contribution in [0.2, 0.25) is 0 Å². The van der Waals surface area contributed by atoms with E-state index in [-0.39, 0.29) is 5.69 Å². The van der Waals surface area contributed by atoms with Crippen LogP contribution in [0.4, 0.5) is 0 Å². The first-order valence-corrected chi connectivity index (χ1v) is 6.60. The van der Waals surface area contributed by atoms with Crippen molar-refractivity contribution in [2.24, 2.45) is 11.8 Å². The Morgan fingerprint density at radius 3 is 2.89 bits per heavy atom. The number of H-pyrrole nitrogens is 1. The second-order valence-electron chi connectivity index (χ2n) is 5.52. The molecule has 4 heteroatoms. The Morgan fingerprint density at radius 2 is 2.16 bits per heavy atom. The van der Waals surface area contributed by atoms with Crippen LogP contribution in [0.5, 0.6) is 0 Å². The van der Waals surface area contributed by atoms with Crippen molar-refractivity contribution in [1.82, 2.24) is 10.2 Å². The highest BCUT2D eigenvalue weighted by Crippen LogP contribution is 2.62. The Hall–Kier alpha value is -2.10. The molecule has 1 saturated carbocycles. The number of benzene rings is 1. The molecular weight excluding hydrogens is 240 g/mol. The molecule has 2 N–H and O–H groups in total.